The number of hydrogen-bond donors (Lipinski definition) is 0. The van der Waals surface area contributed by atoms with Crippen molar-refractivity contribution in [1.82, 2.24) is 9.80 Å². The molecule has 1 aliphatic heterocycles. The lowest BCUT2D eigenvalue weighted by Gasteiger charge is -2.25. The molecule has 0 spiro atoms. The number of hydrogen-bond acceptors (Lipinski definition) is 3. The maximum atomic E-state index is 13.4. The number of benzene rings is 2. The third kappa shape index (κ3) is 4.78. The molecular weight excluding hydrogens is 364 g/mol. The van der Waals surface area contributed by atoms with E-state index in [0.717, 1.165) is 16.9 Å². The fourth-order valence-corrected chi connectivity index (χ4v) is 4.03. The normalized spacial score (nSPS) is 18.7. The highest BCUT2D eigenvalue weighted by Crippen LogP contribution is 2.36. The van der Waals surface area contributed by atoms with Crippen LogP contribution < -0.4 is 4.74 Å². The lowest BCUT2D eigenvalue weighted by Crippen LogP contribution is -2.37. The molecule has 2 atom stereocenters. The average molecular weight is 395 g/mol. The minimum Gasteiger partial charge on any atom is -0.497 e. The summed E-state index contributed by atoms with van der Waals surface area (Å²) < 4.78 is 5.37. The second kappa shape index (κ2) is 9.12. The molecule has 0 radical (unpaired) electrons. The van der Waals surface area contributed by atoms with Gasteiger partial charge in [0.15, 0.2) is 0 Å². The van der Waals surface area contributed by atoms with Crippen molar-refractivity contribution in [2.45, 2.75) is 26.3 Å². The second-order valence-electron chi connectivity index (χ2n) is 8.07. The van der Waals surface area contributed by atoms with Gasteiger partial charge in [0.2, 0.25) is 11.8 Å². The zero-order valence-electron chi connectivity index (χ0n) is 17.7. The monoisotopic (exact) mass is 394 g/mol. The Labute approximate surface area is 173 Å². The van der Waals surface area contributed by atoms with Crippen LogP contribution in [0, 0.1) is 11.8 Å². The van der Waals surface area contributed by atoms with Crippen LogP contribution in [0.2, 0.25) is 0 Å². The smallest absolute Gasteiger partial charge is 0.228 e. The van der Waals surface area contributed by atoms with E-state index in [9.17, 15) is 9.59 Å². The van der Waals surface area contributed by atoms with E-state index in [0.29, 0.717) is 19.6 Å². The summed E-state index contributed by atoms with van der Waals surface area (Å²) in [5.41, 5.74) is 2.13. The first-order chi connectivity index (χ1) is 13.9. The molecule has 2 aromatic rings. The van der Waals surface area contributed by atoms with Crippen molar-refractivity contribution in [3.8, 4) is 5.75 Å². The largest absolute Gasteiger partial charge is 0.497 e. The highest BCUT2D eigenvalue weighted by atomic mass is 16.5. The lowest BCUT2D eigenvalue weighted by atomic mass is 9.88. The summed E-state index contributed by atoms with van der Waals surface area (Å²) in [6, 6.07) is 17.8. The lowest BCUT2D eigenvalue weighted by molar-refractivity contribution is -0.136. The molecule has 0 N–H and O–H groups in total. The summed E-state index contributed by atoms with van der Waals surface area (Å²) in [7, 11) is 3.48. The molecule has 1 aliphatic rings. The minimum absolute atomic E-state index is 0.0430. The molecule has 5 nitrogen and oxygen atoms in total. The Bertz CT molecular complexity index is 850. The van der Waals surface area contributed by atoms with E-state index in [1.165, 1.54) is 0 Å². The van der Waals surface area contributed by atoms with Crippen molar-refractivity contribution in [1.29, 1.82) is 0 Å². The molecule has 1 saturated heterocycles. The van der Waals surface area contributed by atoms with Gasteiger partial charge in [-0.2, -0.15) is 0 Å². The number of amides is 2. The van der Waals surface area contributed by atoms with E-state index >= 15 is 0 Å². The third-order valence-corrected chi connectivity index (χ3v) is 5.60. The number of likely N-dealkylation sites (tertiary alicyclic amines) is 1. The molecular formula is C24H30N2O3. The van der Waals surface area contributed by atoms with E-state index < -0.39 is 0 Å². The maximum absolute atomic E-state index is 13.4. The van der Waals surface area contributed by atoms with Gasteiger partial charge in [-0.25, -0.2) is 0 Å². The first kappa shape index (κ1) is 20.9. The van der Waals surface area contributed by atoms with Crippen LogP contribution in [0.5, 0.6) is 5.75 Å². The summed E-state index contributed by atoms with van der Waals surface area (Å²) in [4.78, 5) is 29.6. The van der Waals surface area contributed by atoms with Gasteiger partial charge in [0.05, 0.1) is 13.0 Å². The SMILES string of the molecule is COc1cccc([C@H]2CN(C(=O)C(C)C)C[C@H]2C(=O)N(C)Cc2ccccc2)c1. The van der Waals surface area contributed by atoms with E-state index in [2.05, 4.69) is 0 Å². The molecule has 2 amide bonds. The van der Waals surface area contributed by atoms with Crippen molar-refractivity contribution < 1.29 is 14.3 Å². The Kier molecular flexibility index (Phi) is 6.57. The molecule has 0 aromatic heterocycles. The van der Waals surface area contributed by atoms with Gasteiger partial charge in [0.1, 0.15) is 5.75 Å². The van der Waals surface area contributed by atoms with Crippen LogP contribution in [0.25, 0.3) is 0 Å². The van der Waals surface area contributed by atoms with Gasteiger partial charge in [0.25, 0.3) is 0 Å². The molecule has 3 rings (SSSR count). The average Bonchev–Trinajstić information content (AvgIpc) is 3.18. The predicted molar refractivity (Wildman–Crippen MR) is 114 cm³/mol. The van der Waals surface area contributed by atoms with Crippen LogP contribution >= 0.6 is 0 Å². The first-order valence-electron chi connectivity index (χ1n) is 10.1. The predicted octanol–water partition coefficient (Wildman–Crippen LogP) is 3.55. The number of ether oxygens (including phenoxy) is 1. The number of rotatable bonds is 6. The maximum Gasteiger partial charge on any atom is 0.228 e. The van der Waals surface area contributed by atoms with Crippen molar-refractivity contribution in [3.63, 3.8) is 0 Å². The molecule has 0 bridgehead atoms. The number of nitrogens with zero attached hydrogens (tertiary/aromatic N) is 2. The molecule has 29 heavy (non-hydrogen) atoms. The summed E-state index contributed by atoms with van der Waals surface area (Å²) in [6.45, 7) is 5.37. The fourth-order valence-electron chi connectivity index (χ4n) is 4.03. The van der Waals surface area contributed by atoms with E-state index in [-0.39, 0.29) is 29.6 Å². The summed E-state index contributed by atoms with van der Waals surface area (Å²) in [5.74, 6) is 0.536. The van der Waals surface area contributed by atoms with Crippen LogP contribution in [-0.2, 0) is 16.1 Å². The Morgan fingerprint density at radius 1 is 1.10 bits per heavy atom. The Hall–Kier alpha value is -2.82. The number of methoxy groups -OCH3 is 1. The van der Waals surface area contributed by atoms with Gasteiger partial charge in [-0.1, -0.05) is 56.3 Å². The zero-order chi connectivity index (χ0) is 21.0. The van der Waals surface area contributed by atoms with Gasteiger partial charge < -0.3 is 14.5 Å². The Morgan fingerprint density at radius 2 is 1.83 bits per heavy atom. The van der Waals surface area contributed by atoms with Crippen molar-refractivity contribution in [2.75, 3.05) is 27.2 Å². The number of carbonyl (C=O) groups excluding carboxylic acids is 2. The number of carbonyl (C=O) groups is 2. The van der Waals surface area contributed by atoms with Gasteiger partial charge in [-0.05, 0) is 23.3 Å². The van der Waals surface area contributed by atoms with Gasteiger partial charge in [-0.3, -0.25) is 9.59 Å². The molecule has 0 unspecified atom stereocenters. The molecule has 0 aliphatic carbocycles. The molecule has 5 heteroatoms. The fraction of sp³-hybridized carbons (Fsp3) is 0.417. The van der Waals surface area contributed by atoms with Crippen molar-refractivity contribution in [3.05, 3.63) is 65.7 Å². The highest BCUT2D eigenvalue weighted by molar-refractivity contribution is 5.84. The van der Waals surface area contributed by atoms with Crippen LogP contribution in [0.15, 0.2) is 54.6 Å². The molecule has 154 valence electrons. The van der Waals surface area contributed by atoms with E-state index in [1.807, 2.05) is 80.4 Å². The van der Waals surface area contributed by atoms with E-state index in [4.69, 9.17) is 4.74 Å². The molecule has 1 fully saturated rings. The molecule has 2 aromatic carbocycles. The highest BCUT2D eigenvalue weighted by Gasteiger charge is 2.41. The second-order valence-corrected chi connectivity index (χ2v) is 8.07. The zero-order valence-corrected chi connectivity index (χ0v) is 17.7. The standard InChI is InChI=1S/C24H30N2O3/c1-17(2)23(27)26-15-21(19-11-8-12-20(13-19)29-4)22(16-26)24(28)25(3)14-18-9-6-5-7-10-18/h5-13,17,21-22H,14-16H2,1-4H3/t21-,22-/m1/s1. The molecule has 1 heterocycles. The van der Waals surface area contributed by atoms with Crippen LogP contribution in [0.4, 0.5) is 0 Å². The van der Waals surface area contributed by atoms with Crippen LogP contribution in [-0.4, -0.2) is 48.9 Å². The van der Waals surface area contributed by atoms with Crippen molar-refractivity contribution >= 4 is 11.8 Å². The summed E-state index contributed by atoms with van der Waals surface area (Å²) in [6.07, 6.45) is 0. The van der Waals surface area contributed by atoms with Gasteiger partial charge in [0, 0.05) is 38.5 Å². The van der Waals surface area contributed by atoms with Gasteiger partial charge in [-0.15, -0.1) is 0 Å². The summed E-state index contributed by atoms with van der Waals surface area (Å²) >= 11 is 0. The quantitative estimate of drug-likeness (QED) is 0.753. The Morgan fingerprint density at radius 3 is 2.48 bits per heavy atom. The van der Waals surface area contributed by atoms with Crippen LogP contribution in [0.3, 0.4) is 0 Å². The topological polar surface area (TPSA) is 49.9 Å². The van der Waals surface area contributed by atoms with Gasteiger partial charge >= 0.3 is 0 Å². The Balaban J connectivity index is 1.85. The molecule has 0 saturated carbocycles. The van der Waals surface area contributed by atoms with E-state index in [1.54, 1.807) is 12.0 Å². The minimum atomic E-state index is -0.265. The van der Waals surface area contributed by atoms with Crippen molar-refractivity contribution in [2.24, 2.45) is 11.8 Å². The van der Waals surface area contributed by atoms with Crippen LogP contribution in [0.1, 0.15) is 30.9 Å². The first-order valence-corrected chi connectivity index (χ1v) is 10.1. The summed E-state index contributed by atoms with van der Waals surface area (Å²) in [5, 5.41) is 0. The third-order valence-electron chi connectivity index (χ3n) is 5.60.